The van der Waals surface area contributed by atoms with Crippen molar-refractivity contribution in [3.05, 3.63) is 59.7 Å². The molecule has 0 aromatic heterocycles. The minimum Gasteiger partial charge on any atom is -0.494 e. The first-order valence-electron chi connectivity index (χ1n) is 7.43. The van der Waals surface area contributed by atoms with Crippen LogP contribution in [0.5, 0.6) is 5.75 Å². The highest BCUT2D eigenvalue weighted by atomic mass is 16.5. The van der Waals surface area contributed by atoms with Gasteiger partial charge in [0.25, 0.3) is 0 Å². The van der Waals surface area contributed by atoms with Gasteiger partial charge in [0.15, 0.2) is 0 Å². The first kappa shape index (κ1) is 15.9. The van der Waals surface area contributed by atoms with E-state index < -0.39 is 5.97 Å². The number of hydrogen-bond donors (Lipinski definition) is 2. The Kier molecular flexibility index (Phi) is 5.83. The third-order valence-electron chi connectivity index (χ3n) is 3.39. The van der Waals surface area contributed by atoms with Crippen molar-refractivity contribution < 1.29 is 14.6 Å². The largest absolute Gasteiger partial charge is 0.494 e. The normalized spacial score (nSPS) is 10.2. The van der Waals surface area contributed by atoms with E-state index in [0.717, 1.165) is 30.7 Å². The van der Waals surface area contributed by atoms with E-state index >= 15 is 0 Å². The summed E-state index contributed by atoms with van der Waals surface area (Å²) in [5, 5.41) is 12.4. The lowest BCUT2D eigenvalue weighted by atomic mass is 10.1. The Bertz CT molecular complexity index is 611. The number of aromatic carboxylic acids is 1. The Morgan fingerprint density at radius 1 is 1.09 bits per heavy atom. The molecular formula is C18H21NO3. The second kappa shape index (κ2) is 8.08. The zero-order valence-electron chi connectivity index (χ0n) is 12.7. The summed E-state index contributed by atoms with van der Waals surface area (Å²) in [6, 6.07) is 15.0. The lowest BCUT2D eigenvalue weighted by Crippen LogP contribution is -2.10. The molecule has 0 unspecified atom stereocenters. The smallest absolute Gasteiger partial charge is 0.337 e. The number of nitrogens with one attached hydrogen (secondary N) is 1. The topological polar surface area (TPSA) is 58.6 Å². The van der Waals surface area contributed by atoms with E-state index in [1.54, 1.807) is 12.1 Å². The van der Waals surface area contributed by atoms with Crippen molar-refractivity contribution >= 4 is 11.7 Å². The molecule has 2 N–H and O–H groups in total. The van der Waals surface area contributed by atoms with Gasteiger partial charge in [0.05, 0.1) is 17.9 Å². The van der Waals surface area contributed by atoms with E-state index in [9.17, 15) is 9.90 Å². The van der Waals surface area contributed by atoms with Crippen LogP contribution in [0.2, 0.25) is 0 Å². The number of carbonyl (C=O) groups is 1. The molecule has 0 saturated carbocycles. The monoisotopic (exact) mass is 299 g/mol. The van der Waals surface area contributed by atoms with Crippen LogP contribution in [0.4, 0.5) is 5.69 Å². The second-order valence-corrected chi connectivity index (χ2v) is 5.10. The average Bonchev–Trinajstić information content (AvgIpc) is 2.52. The molecule has 2 aromatic carbocycles. The summed E-state index contributed by atoms with van der Waals surface area (Å²) in [5.74, 6) is -0.0267. The summed E-state index contributed by atoms with van der Waals surface area (Å²) >= 11 is 0. The van der Waals surface area contributed by atoms with Crippen molar-refractivity contribution in [2.24, 2.45) is 0 Å². The number of ether oxygens (including phenoxy) is 1. The van der Waals surface area contributed by atoms with Crippen molar-refractivity contribution in [1.82, 2.24) is 0 Å². The first-order chi connectivity index (χ1) is 10.7. The van der Waals surface area contributed by atoms with Crippen LogP contribution < -0.4 is 10.1 Å². The van der Waals surface area contributed by atoms with Gasteiger partial charge in [0.2, 0.25) is 0 Å². The number of carboxylic acids is 1. The van der Waals surface area contributed by atoms with Gasteiger partial charge in [-0.3, -0.25) is 0 Å². The second-order valence-electron chi connectivity index (χ2n) is 5.10. The lowest BCUT2D eigenvalue weighted by molar-refractivity contribution is 0.0698. The van der Waals surface area contributed by atoms with E-state index in [1.807, 2.05) is 43.3 Å². The highest BCUT2D eigenvalue weighted by Crippen LogP contribution is 2.20. The molecule has 0 atom stereocenters. The predicted octanol–water partition coefficient (Wildman–Crippen LogP) is 3.96. The van der Waals surface area contributed by atoms with E-state index in [0.29, 0.717) is 17.9 Å². The lowest BCUT2D eigenvalue weighted by Gasteiger charge is -2.12. The quantitative estimate of drug-likeness (QED) is 0.724. The van der Waals surface area contributed by atoms with Crippen molar-refractivity contribution in [1.29, 1.82) is 0 Å². The maximum Gasteiger partial charge on any atom is 0.337 e. The fraction of sp³-hybridized carbons (Fsp3) is 0.278. The molecule has 0 spiro atoms. The molecule has 0 heterocycles. The number of para-hydroxylation sites is 2. The van der Waals surface area contributed by atoms with Gasteiger partial charge in [-0.2, -0.15) is 0 Å². The van der Waals surface area contributed by atoms with Gasteiger partial charge in [0, 0.05) is 6.54 Å². The number of carboxylic acid groups (broad SMARTS) is 1. The zero-order valence-corrected chi connectivity index (χ0v) is 12.7. The van der Waals surface area contributed by atoms with Gasteiger partial charge in [-0.1, -0.05) is 30.3 Å². The van der Waals surface area contributed by atoms with Crippen LogP contribution in [0, 0.1) is 6.92 Å². The maximum absolute atomic E-state index is 11.2. The molecule has 2 rings (SSSR count). The molecule has 0 bridgehead atoms. The van der Waals surface area contributed by atoms with Crippen molar-refractivity contribution in [3.63, 3.8) is 0 Å². The van der Waals surface area contributed by atoms with Gasteiger partial charge in [0.1, 0.15) is 5.75 Å². The number of rotatable bonds is 8. The first-order valence-corrected chi connectivity index (χ1v) is 7.43. The van der Waals surface area contributed by atoms with Crippen LogP contribution in [0.25, 0.3) is 0 Å². The fourth-order valence-electron chi connectivity index (χ4n) is 2.23. The molecular weight excluding hydrogens is 278 g/mol. The van der Waals surface area contributed by atoms with E-state index in [2.05, 4.69) is 5.32 Å². The number of aryl methyl sites for hydroxylation is 1. The third-order valence-corrected chi connectivity index (χ3v) is 3.39. The Labute approximate surface area is 130 Å². The van der Waals surface area contributed by atoms with Gasteiger partial charge in [-0.05, 0) is 43.5 Å². The summed E-state index contributed by atoms with van der Waals surface area (Å²) in [6.07, 6.45) is 1.83. The van der Waals surface area contributed by atoms with Crippen molar-refractivity contribution in [3.8, 4) is 5.75 Å². The van der Waals surface area contributed by atoms with Gasteiger partial charge in [-0.25, -0.2) is 4.79 Å². The molecule has 2 aromatic rings. The summed E-state index contributed by atoms with van der Waals surface area (Å²) in [6.45, 7) is 3.29. The fourth-order valence-corrected chi connectivity index (χ4v) is 2.23. The molecule has 116 valence electrons. The molecule has 0 saturated heterocycles. The van der Waals surface area contributed by atoms with Crippen molar-refractivity contribution in [2.75, 3.05) is 18.5 Å². The van der Waals surface area contributed by atoms with Crippen LogP contribution in [0.3, 0.4) is 0 Å². The molecule has 4 heteroatoms. The Hall–Kier alpha value is -2.49. The van der Waals surface area contributed by atoms with Crippen LogP contribution in [0.1, 0.15) is 28.8 Å². The van der Waals surface area contributed by atoms with Crippen LogP contribution in [-0.2, 0) is 0 Å². The third kappa shape index (κ3) is 4.52. The van der Waals surface area contributed by atoms with Gasteiger partial charge < -0.3 is 15.2 Å². The number of hydrogen-bond acceptors (Lipinski definition) is 3. The zero-order chi connectivity index (χ0) is 15.8. The Morgan fingerprint density at radius 2 is 1.86 bits per heavy atom. The highest BCUT2D eigenvalue weighted by molar-refractivity contribution is 5.95. The summed E-state index contributed by atoms with van der Waals surface area (Å²) in [5.41, 5.74) is 1.97. The minimum absolute atomic E-state index is 0.320. The molecule has 0 aliphatic heterocycles. The van der Waals surface area contributed by atoms with Crippen LogP contribution in [-0.4, -0.2) is 24.2 Å². The Balaban J connectivity index is 1.74. The molecule has 22 heavy (non-hydrogen) atoms. The molecule has 0 aliphatic carbocycles. The maximum atomic E-state index is 11.2. The van der Waals surface area contributed by atoms with E-state index in [4.69, 9.17) is 4.74 Å². The van der Waals surface area contributed by atoms with E-state index in [1.165, 1.54) is 0 Å². The standard InChI is InChI=1S/C18H21NO3/c1-14-8-7-11-16(18(20)21)17(14)19-12-5-6-13-22-15-9-3-2-4-10-15/h2-4,7-11,19H,5-6,12-13H2,1H3,(H,20,21). The van der Waals surface area contributed by atoms with Crippen LogP contribution >= 0.6 is 0 Å². The molecule has 0 amide bonds. The molecule has 0 fully saturated rings. The number of anilines is 1. The number of unbranched alkanes of at least 4 members (excludes halogenated alkanes) is 1. The van der Waals surface area contributed by atoms with Gasteiger partial charge >= 0.3 is 5.97 Å². The average molecular weight is 299 g/mol. The Morgan fingerprint density at radius 3 is 2.59 bits per heavy atom. The number of benzene rings is 2. The summed E-state index contributed by atoms with van der Waals surface area (Å²) in [4.78, 5) is 11.2. The SMILES string of the molecule is Cc1cccc(C(=O)O)c1NCCCCOc1ccccc1. The molecule has 0 radical (unpaired) electrons. The van der Waals surface area contributed by atoms with Crippen LogP contribution in [0.15, 0.2) is 48.5 Å². The summed E-state index contributed by atoms with van der Waals surface area (Å²) in [7, 11) is 0. The predicted molar refractivity (Wildman–Crippen MR) is 87.8 cm³/mol. The molecule has 0 aliphatic rings. The van der Waals surface area contributed by atoms with Crippen molar-refractivity contribution in [2.45, 2.75) is 19.8 Å². The highest BCUT2D eigenvalue weighted by Gasteiger charge is 2.10. The minimum atomic E-state index is -0.904. The molecule has 4 nitrogen and oxygen atoms in total. The van der Waals surface area contributed by atoms with E-state index in [-0.39, 0.29) is 0 Å². The summed E-state index contributed by atoms with van der Waals surface area (Å²) < 4.78 is 5.62. The van der Waals surface area contributed by atoms with Gasteiger partial charge in [-0.15, -0.1) is 0 Å².